The van der Waals surface area contributed by atoms with Gasteiger partial charge in [0.2, 0.25) is 17.7 Å². The van der Waals surface area contributed by atoms with Gasteiger partial charge in [-0.15, -0.1) is 0 Å². The SMILES string of the molecule is CC(C)(C)NC(=O)N[C@H](C(=O)N1C[C@H]2[C@@H]([C@H]1C(=O)N[C@@H](C[C@@H]1CCNC1=O)[C@@H](N)S)C2(C)C)C(C)(C)C. The van der Waals surface area contributed by atoms with E-state index in [0.717, 1.165) is 0 Å². The standard InChI is InChI=1S/C26H46N6O4S/c1-24(2,3)18(30-23(36)31-25(4,5)6)22(35)32-12-14-16(26(14,7)8)17(32)21(34)29-15(19(27)37)11-13-9-10-28-20(13)33/h13-19,37H,9-12,27H2,1-8H3,(H,28,33)(H,29,34)(H2,30,31,36)/t13-,14-,15-,16-,17-,18+,19-/m0/s1. The fraction of sp³-hybridized carbons (Fsp3) is 0.846. The van der Waals surface area contributed by atoms with E-state index in [2.05, 4.69) is 47.7 Å². The van der Waals surface area contributed by atoms with Gasteiger partial charge in [-0.05, 0) is 56.3 Å². The van der Waals surface area contributed by atoms with Crippen molar-refractivity contribution >= 4 is 36.4 Å². The lowest BCUT2D eigenvalue weighted by atomic mass is 9.85. The van der Waals surface area contributed by atoms with Crippen LogP contribution in [0, 0.1) is 28.6 Å². The summed E-state index contributed by atoms with van der Waals surface area (Å²) >= 11 is 4.38. The third-order valence-electron chi connectivity index (χ3n) is 8.08. The maximum Gasteiger partial charge on any atom is 0.315 e. The molecule has 0 bridgehead atoms. The summed E-state index contributed by atoms with van der Waals surface area (Å²) in [5.41, 5.74) is 4.97. The van der Waals surface area contributed by atoms with Crippen molar-refractivity contribution in [3.63, 3.8) is 0 Å². The highest BCUT2D eigenvalue weighted by Crippen LogP contribution is 2.65. The van der Waals surface area contributed by atoms with E-state index in [1.807, 2.05) is 41.5 Å². The summed E-state index contributed by atoms with van der Waals surface area (Å²) in [6.45, 7) is 16.6. The van der Waals surface area contributed by atoms with Gasteiger partial charge in [0.15, 0.2) is 0 Å². The first kappa shape index (κ1) is 29.5. The van der Waals surface area contributed by atoms with Crippen LogP contribution in [-0.2, 0) is 14.4 Å². The van der Waals surface area contributed by atoms with Gasteiger partial charge in [0.1, 0.15) is 12.1 Å². The maximum absolute atomic E-state index is 13.9. The Bertz CT molecular complexity index is 925. The number of amides is 5. The van der Waals surface area contributed by atoms with E-state index in [0.29, 0.717) is 25.9 Å². The van der Waals surface area contributed by atoms with Crippen LogP contribution in [-0.4, -0.2) is 70.8 Å². The molecule has 6 N–H and O–H groups in total. The molecule has 11 heteroatoms. The zero-order valence-corrected chi connectivity index (χ0v) is 24.4. The summed E-state index contributed by atoms with van der Waals surface area (Å²) < 4.78 is 0. The molecule has 0 spiro atoms. The first-order valence-corrected chi connectivity index (χ1v) is 13.8. The number of thiol groups is 1. The summed E-state index contributed by atoms with van der Waals surface area (Å²) in [4.78, 5) is 54.1. The molecule has 0 aromatic rings. The van der Waals surface area contributed by atoms with Crippen LogP contribution in [0.5, 0.6) is 0 Å². The fourth-order valence-electron chi connectivity index (χ4n) is 5.86. The van der Waals surface area contributed by atoms with E-state index in [1.54, 1.807) is 4.90 Å². The molecule has 1 saturated carbocycles. The lowest BCUT2D eigenvalue weighted by Gasteiger charge is -2.38. The van der Waals surface area contributed by atoms with Gasteiger partial charge in [-0.2, -0.15) is 12.6 Å². The number of carbonyl (C=O) groups is 4. The lowest BCUT2D eigenvalue weighted by Crippen LogP contribution is -2.62. The highest BCUT2D eigenvalue weighted by molar-refractivity contribution is 7.80. The molecule has 37 heavy (non-hydrogen) atoms. The molecule has 2 heterocycles. The zero-order chi connectivity index (χ0) is 28.1. The van der Waals surface area contributed by atoms with Gasteiger partial charge < -0.3 is 31.9 Å². The van der Waals surface area contributed by atoms with Gasteiger partial charge in [0.05, 0.1) is 11.4 Å². The van der Waals surface area contributed by atoms with Crippen molar-refractivity contribution in [2.45, 2.75) is 97.3 Å². The van der Waals surface area contributed by atoms with Crippen molar-refractivity contribution in [1.82, 2.24) is 26.2 Å². The number of piperidine rings is 1. The molecule has 3 aliphatic rings. The van der Waals surface area contributed by atoms with Crippen molar-refractivity contribution in [1.29, 1.82) is 0 Å². The first-order valence-electron chi connectivity index (χ1n) is 13.3. The molecule has 1 aliphatic carbocycles. The number of hydrogen-bond acceptors (Lipinski definition) is 6. The average Bonchev–Trinajstić information content (AvgIpc) is 3.08. The van der Waals surface area contributed by atoms with Crippen molar-refractivity contribution in [3.05, 3.63) is 0 Å². The molecule has 2 aliphatic heterocycles. The largest absolute Gasteiger partial charge is 0.356 e. The number of carbonyl (C=O) groups excluding carboxylic acids is 4. The van der Waals surface area contributed by atoms with Gasteiger partial charge in [-0.25, -0.2) is 4.79 Å². The van der Waals surface area contributed by atoms with Gasteiger partial charge in [0.25, 0.3) is 0 Å². The first-order chi connectivity index (χ1) is 16.8. The van der Waals surface area contributed by atoms with Gasteiger partial charge in [0, 0.05) is 24.5 Å². The van der Waals surface area contributed by atoms with E-state index in [9.17, 15) is 19.2 Å². The zero-order valence-electron chi connectivity index (χ0n) is 23.5. The predicted octanol–water partition coefficient (Wildman–Crippen LogP) is 1.21. The molecule has 3 rings (SSSR count). The molecule has 5 amide bonds. The fourth-order valence-corrected chi connectivity index (χ4v) is 6.06. The second-order valence-electron chi connectivity index (χ2n) is 13.7. The van der Waals surface area contributed by atoms with Crippen LogP contribution in [0.15, 0.2) is 0 Å². The van der Waals surface area contributed by atoms with Crippen molar-refractivity contribution in [2.75, 3.05) is 13.1 Å². The van der Waals surface area contributed by atoms with Crippen molar-refractivity contribution < 1.29 is 19.2 Å². The Morgan fingerprint density at radius 1 is 1.16 bits per heavy atom. The normalized spacial score (nSPS) is 29.0. The molecule has 2 saturated heterocycles. The monoisotopic (exact) mass is 538 g/mol. The second-order valence-corrected chi connectivity index (χ2v) is 14.3. The highest BCUT2D eigenvalue weighted by Gasteiger charge is 2.69. The van der Waals surface area contributed by atoms with E-state index in [1.165, 1.54) is 0 Å². The molecule has 0 aromatic heterocycles. The summed E-state index contributed by atoms with van der Waals surface area (Å²) in [7, 11) is 0. The number of nitrogens with two attached hydrogens (primary N) is 1. The molecule has 210 valence electrons. The second kappa shape index (κ2) is 10.3. The Hall–Kier alpha value is -2.01. The minimum Gasteiger partial charge on any atom is -0.356 e. The van der Waals surface area contributed by atoms with Crippen LogP contribution in [0.25, 0.3) is 0 Å². The molecular formula is C26H46N6O4S. The van der Waals surface area contributed by atoms with E-state index < -0.39 is 40.5 Å². The van der Waals surface area contributed by atoms with Crippen molar-refractivity contribution in [2.24, 2.45) is 34.3 Å². The van der Waals surface area contributed by atoms with E-state index in [4.69, 9.17) is 5.73 Å². The topological polar surface area (TPSA) is 146 Å². The third kappa shape index (κ3) is 6.53. The quantitative estimate of drug-likeness (QED) is 0.213. The minimum absolute atomic E-state index is 0.00652. The van der Waals surface area contributed by atoms with Crippen LogP contribution >= 0.6 is 12.6 Å². The van der Waals surface area contributed by atoms with Crippen LogP contribution in [0.1, 0.15) is 68.2 Å². The number of nitrogens with zero attached hydrogens (tertiary/aromatic N) is 1. The summed E-state index contributed by atoms with van der Waals surface area (Å²) in [5.74, 6) is -0.632. The Morgan fingerprint density at radius 3 is 2.27 bits per heavy atom. The molecular weight excluding hydrogens is 492 g/mol. The number of fused-ring (bicyclic) bond motifs is 1. The molecule has 0 unspecified atom stereocenters. The van der Waals surface area contributed by atoms with Crippen molar-refractivity contribution in [3.8, 4) is 0 Å². The van der Waals surface area contributed by atoms with Gasteiger partial charge >= 0.3 is 6.03 Å². The summed E-state index contributed by atoms with van der Waals surface area (Å²) in [6, 6.07) is -2.45. The third-order valence-corrected chi connectivity index (χ3v) is 8.44. The van der Waals surface area contributed by atoms with Gasteiger partial charge in [-0.1, -0.05) is 34.6 Å². The summed E-state index contributed by atoms with van der Waals surface area (Å²) in [5, 5.41) is 10.9. The van der Waals surface area contributed by atoms with E-state index >= 15 is 0 Å². The molecule has 3 fully saturated rings. The predicted molar refractivity (Wildman–Crippen MR) is 146 cm³/mol. The number of nitrogens with one attached hydrogen (secondary N) is 4. The average molecular weight is 539 g/mol. The lowest BCUT2D eigenvalue weighted by molar-refractivity contribution is -0.144. The number of urea groups is 1. The minimum atomic E-state index is -0.823. The van der Waals surface area contributed by atoms with Crippen LogP contribution in [0.4, 0.5) is 4.79 Å². The Labute approximate surface area is 226 Å². The molecule has 10 nitrogen and oxygen atoms in total. The summed E-state index contributed by atoms with van der Waals surface area (Å²) in [6.07, 6.45) is 1.08. The molecule has 0 aromatic carbocycles. The number of rotatable bonds is 7. The Balaban J connectivity index is 1.81. The Morgan fingerprint density at radius 2 is 1.78 bits per heavy atom. The maximum atomic E-state index is 13.9. The van der Waals surface area contributed by atoms with E-state index in [-0.39, 0.29) is 40.9 Å². The highest BCUT2D eigenvalue weighted by atomic mass is 32.1. The smallest absolute Gasteiger partial charge is 0.315 e. The van der Waals surface area contributed by atoms with Crippen LogP contribution in [0.2, 0.25) is 0 Å². The number of likely N-dealkylation sites (tertiary alicyclic amines) is 1. The Kier molecular flexibility index (Phi) is 8.21. The molecule has 0 radical (unpaired) electrons. The van der Waals surface area contributed by atoms with Crippen LogP contribution < -0.4 is 27.0 Å². The number of hydrogen-bond donors (Lipinski definition) is 6. The van der Waals surface area contributed by atoms with Crippen LogP contribution in [0.3, 0.4) is 0 Å². The molecule has 7 atom stereocenters. The van der Waals surface area contributed by atoms with Gasteiger partial charge in [-0.3, -0.25) is 14.4 Å².